The Labute approximate surface area is 197 Å². The molecule has 0 atom stereocenters. The van der Waals surface area contributed by atoms with Crippen LogP contribution in [0, 0.1) is 13.8 Å². The van der Waals surface area contributed by atoms with Crippen molar-refractivity contribution in [2.75, 3.05) is 19.7 Å². The van der Waals surface area contributed by atoms with Crippen molar-refractivity contribution in [3.8, 4) is 23.4 Å². The first-order valence-electron chi connectivity index (χ1n) is 11.1. The third-order valence-corrected chi connectivity index (χ3v) is 5.54. The van der Waals surface area contributed by atoms with E-state index in [-0.39, 0.29) is 6.10 Å². The summed E-state index contributed by atoms with van der Waals surface area (Å²) >= 11 is 0. The zero-order valence-electron chi connectivity index (χ0n) is 19.2. The van der Waals surface area contributed by atoms with Crippen molar-refractivity contribution in [3.05, 3.63) is 59.8 Å². The van der Waals surface area contributed by atoms with Gasteiger partial charge in [-0.3, -0.25) is 4.98 Å². The van der Waals surface area contributed by atoms with Crippen LogP contribution in [-0.2, 0) is 6.42 Å². The van der Waals surface area contributed by atoms with Crippen LogP contribution in [0.3, 0.4) is 0 Å². The normalized spacial score (nSPS) is 14.0. The number of aromatic nitrogens is 4. The van der Waals surface area contributed by atoms with Gasteiger partial charge in [-0.15, -0.1) is 0 Å². The molecular weight excluding hydrogens is 438 g/mol. The lowest BCUT2D eigenvalue weighted by molar-refractivity contribution is 0.0864. The second kappa shape index (κ2) is 10.8. The number of hydrogen-bond acceptors (Lipinski definition) is 8. The van der Waals surface area contributed by atoms with Crippen LogP contribution in [0.4, 0.5) is 4.79 Å². The lowest BCUT2D eigenvalue weighted by atomic mass is 10.1. The minimum atomic E-state index is -0.902. The topological polar surface area (TPSA) is 120 Å². The number of ether oxygens (including phenoxy) is 3. The Morgan fingerprint density at radius 1 is 1.09 bits per heavy atom. The van der Waals surface area contributed by atoms with Crippen molar-refractivity contribution in [2.24, 2.45) is 0 Å². The first-order chi connectivity index (χ1) is 16.5. The van der Waals surface area contributed by atoms with Crippen LogP contribution >= 0.6 is 0 Å². The minimum absolute atomic E-state index is 0.108. The van der Waals surface area contributed by atoms with E-state index in [1.165, 1.54) is 11.2 Å². The number of rotatable bonds is 8. The van der Waals surface area contributed by atoms with Gasteiger partial charge in [-0.1, -0.05) is 6.07 Å². The molecule has 1 amide bonds. The van der Waals surface area contributed by atoms with E-state index in [9.17, 15) is 4.79 Å². The Morgan fingerprint density at radius 2 is 1.88 bits per heavy atom. The molecule has 1 aliphatic rings. The summed E-state index contributed by atoms with van der Waals surface area (Å²) in [6.45, 7) is 5.02. The summed E-state index contributed by atoms with van der Waals surface area (Å²) < 4.78 is 17.8. The van der Waals surface area contributed by atoms with Gasteiger partial charge in [-0.25, -0.2) is 19.7 Å². The van der Waals surface area contributed by atoms with E-state index in [0.29, 0.717) is 73.6 Å². The van der Waals surface area contributed by atoms with Gasteiger partial charge in [0.25, 0.3) is 0 Å². The van der Waals surface area contributed by atoms with Gasteiger partial charge in [0.1, 0.15) is 12.4 Å². The molecule has 1 N–H and O–H groups in total. The van der Waals surface area contributed by atoms with Crippen molar-refractivity contribution < 1.29 is 24.1 Å². The molecule has 0 unspecified atom stereocenters. The summed E-state index contributed by atoms with van der Waals surface area (Å²) in [6, 6.07) is 9.34. The molecule has 3 aromatic rings. The highest BCUT2D eigenvalue weighted by molar-refractivity contribution is 5.65. The monoisotopic (exact) mass is 465 g/mol. The fourth-order valence-corrected chi connectivity index (χ4v) is 3.59. The van der Waals surface area contributed by atoms with E-state index in [2.05, 4.69) is 19.9 Å². The van der Waals surface area contributed by atoms with E-state index in [1.54, 1.807) is 18.3 Å². The number of nitrogens with zero attached hydrogens (tertiary/aromatic N) is 5. The molecule has 0 aliphatic carbocycles. The summed E-state index contributed by atoms with van der Waals surface area (Å²) in [4.78, 5) is 29.7. The zero-order chi connectivity index (χ0) is 23.9. The fourth-order valence-electron chi connectivity index (χ4n) is 3.59. The van der Waals surface area contributed by atoms with Gasteiger partial charge in [0.15, 0.2) is 5.75 Å². The number of aryl methyl sites for hydroxylation is 1. The number of amides is 1. The Hall–Kier alpha value is -3.95. The first-order valence-corrected chi connectivity index (χ1v) is 11.1. The predicted octanol–water partition coefficient (Wildman–Crippen LogP) is 3.82. The number of carbonyl (C=O) groups is 1. The van der Waals surface area contributed by atoms with Crippen LogP contribution in [0.1, 0.15) is 29.8 Å². The number of pyridine rings is 2. The standard InChI is InChI=1S/C24H27N5O5/c1-16-22(33-19-8-12-29(13-9-19)24(30)31)26-15-27-23(16)34-20-6-7-21(28-17(20)2)32-14-10-18-5-3-4-11-25-18/h3-7,11,15,19H,8-10,12-14H2,1-2H3,(H,30,31). The molecule has 10 heteroatoms. The van der Waals surface area contributed by atoms with E-state index >= 15 is 0 Å². The molecule has 0 radical (unpaired) electrons. The quantitative estimate of drug-likeness (QED) is 0.529. The van der Waals surface area contributed by atoms with E-state index < -0.39 is 6.09 Å². The SMILES string of the molecule is Cc1nc(OCCc2ccccn2)ccc1Oc1ncnc(OC2CCN(C(=O)O)CC2)c1C. The van der Waals surface area contributed by atoms with E-state index in [1.807, 2.05) is 32.0 Å². The molecule has 178 valence electrons. The predicted molar refractivity (Wildman–Crippen MR) is 123 cm³/mol. The van der Waals surface area contributed by atoms with E-state index in [0.717, 1.165) is 5.69 Å². The molecule has 34 heavy (non-hydrogen) atoms. The highest BCUT2D eigenvalue weighted by atomic mass is 16.5. The van der Waals surface area contributed by atoms with Crippen molar-refractivity contribution in [2.45, 2.75) is 39.2 Å². The third-order valence-electron chi connectivity index (χ3n) is 5.54. The minimum Gasteiger partial charge on any atom is -0.477 e. The van der Waals surface area contributed by atoms with Gasteiger partial charge in [-0.2, -0.15) is 0 Å². The van der Waals surface area contributed by atoms with Gasteiger partial charge < -0.3 is 24.2 Å². The molecule has 0 spiro atoms. The fraction of sp³-hybridized carbons (Fsp3) is 0.375. The van der Waals surface area contributed by atoms with Crippen LogP contribution in [0.5, 0.6) is 23.4 Å². The molecule has 1 aliphatic heterocycles. The summed E-state index contributed by atoms with van der Waals surface area (Å²) in [5.41, 5.74) is 2.29. The molecule has 0 saturated carbocycles. The summed E-state index contributed by atoms with van der Waals surface area (Å²) in [7, 11) is 0. The van der Waals surface area contributed by atoms with Crippen LogP contribution in [-0.4, -0.2) is 61.8 Å². The number of carboxylic acid groups (broad SMARTS) is 1. The second-order valence-corrected chi connectivity index (χ2v) is 7.95. The molecule has 1 fully saturated rings. The maximum absolute atomic E-state index is 11.1. The Balaban J connectivity index is 1.35. The molecule has 4 heterocycles. The van der Waals surface area contributed by atoms with Crippen molar-refractivity contribution >= 4 is 6.09 Å². The Kier molecular flexibility index (Phi) is 7.36. The van der Waals surface area contributed by atoms with Gasteiger partial charge in [0.2, 0.25) is 17.6 Å². The van der Waals surface area contributed by atoms with Gasteiger partial charge >= 0.3 is 6.09 Å². The van der Waals surface area contributed by atoms with Crippen LogP contribution in [0.2, 0.25) is 0 Å². The highest BCUT2D eigenvalue weighted by Gasteiger charge is 2.25. The van der Waals surface area contributed by atoms with Gasteiger partial charge in [0, 0.05) is 50.3 Å². The molecule has 10 nitrogen and oxygen atoms in total. The number of likely N-dealkylation sites (tertiary alicyclic amines) is 1. The van der Waals surface area contributed by atoms with Gasteiger partial charge in [-0.05, 0) is 32.0 Å². The Bertz CT molecular complexity index is 1120. The van der Waals surface area contributed by atoms with Gasteiger partial charge in [0.05, 0.1) is 17.9 Å². The third kappa shape index (κ3) is 5.89. The second-order valence-electron chi connectivity index (χ2n) is 7.95. The maximum Gasteiger partial charge on any atom is 0.407 e. The largest absolute Gasteiger partial charge is 0.477 e. The molecule has 3 aromatic heterocycles. The average Bonchev–Trinajstić information content (AvgIpc) is 2.84. The molecular formula is C24H27N5O5. The van der Waals surface area contributed by atoms with Crippen molar-refractivity contribution in [1.29, 1.82) is 0 Å². The number of piperidine rings is 1. The molecule has 4 rings (SSSR count). The molecule has 1 saturated heterocycles. The molecule has 0 bridgehead atoms. The lowest BCUT2D eigenvalue weighted by Gasteiger charge is -2.30. The van der Waals surface area contributed by atoms with Crippen molar-refractivity contribution in [3.63, 3.8) is 0 Å². The number of hydrogen-bond donors (Lipinski definition) is 1. The molecule has 0 aromatic carbocycles. The van der Waals surface area contributed by atoms with Crippen molar-refractivity contribution in [1.82, 2.24) is 24.8 Å². The van der Waals surface area contributed by atoms with E-state index in [4.69, 9.17) is 19.3 Å². The Morgan fingerprint density at radius 3 is 2.59 bits per heavy atom. The summed E-state index contributed by atoms with van der Waals surface area (Å²) in [6.07, 6.45) is 4.05. The maximum atomic E-state index is 11.1. The zero-order valence-corrected chi connectivity index (χ0v) is 19.2. The average molecular weight is 466 g/mol. The van der Waals surface area contributed by atoms with Crippen LogP contribution in [0.15, 0.2) is 42.9 Å². The highest BCUT2D eigenvalue weighted by Crippen LogP contribution is 2.31. The van der Waals surface area contributed by atoms with Crippen LogP contribution in [0.25, 0.3) is 0 Å². The smallest absolute Gasteiger partial charge is 0.407 e. The summed E-state index contributed by atoms with van der Waals surface area (Å²) in [5.74, 6) is 1.87. The summed E-state index contributed by atoms with van der Waals surface area (Å²) in [5, 5.41) is 9.10. The van der Waals surface area contributed by atoms with Crippen LogP contribution < -0.4 is 14.2 Å². The first kappa shape index (κ1) is 23.2. The lowest BCUT2D eigenvalue weighted by Crippen LogP contribution is -2.41.